The molecule has 0 atom stereocenters. The van der Waals surface area contributed by atoms with E-state index < -0.39 is 0 Å². The van der Waals surface area contributed by atoms with Crippen LogP contribution in [0.25, 0.3) is 0 Å². The van der Waals surface area contributed by atoms with Gasteiger partial charge in [0.05, 0.1) is 18.2 Å². The second-order valence-electron chi connectivity index (χ2n) is 8.06. The molecule has 0 amide bonds. The molecule has 0 unspecified atom stereocenters. The molecule has 0 aromatic heterocycles. The van der Waals surface area contributed by atoms with Crippen LogP contribution in [0.4, 0.5) is 0 Å². The lowest BCUT2D eigenvalue weighted by Crippen LogP contribution is -2.21. The van der Waals surface area contributed by atoms with E-state index in [0.29, 0.717) is 16.9 Å². The number of carbonyl (C=O) groups is 2. The highest BCUT2D eigenvalue weighted by molar-refractivity contribution is 6.10. The van der Waals surface area contributed by atoms with E-state index in [4.69, 9.17) is 9.47 Å². The predicted octanol–water partition coefficient (Wildman–Crippen LogP) is 6.12. The van der Waals surface area contributed by atoms with E-state index in [1.165, 1.54) is 32.4 Å². The van der Waals surface area contributed by atoms with Crippen molar-refractivity contribution < 1.29 is 24.2 Å². The summed E-state index contributed by atoms with van der Waals surface area (Å²) in [6.45, 7) is 1.94. The number of esters is 1. The van der Waals surface area contributed by atoms with Crippen LogP contribution in [0.3, 0.4) is 0 Å². The maximum atomic E-state index is 12.1. The Labute approximate surface area is 195 Å². The normalized spacial score (nSPS) is 13.4. The summed E-state index contributed by atoms with van der Waals surface area (Å²) in [5.41, 5.74) is 2.52. The van der Waals surface area contributed by atoms with Crippen molar-refractivity contribution in [3.63, 3.8) is 0 Å². The van der Waals surface area contributed by atoms with Crippen molar-refractivity contribution in [2.75, 3.05) is 7.11 Å². The third kappa shape index (κ3) is 6.69. The first-order valence-electron chi connectivity index (χ1n) is 11.2. The second-order valence-corrected chi connectivity index (χ2v) is 8.06. The number of aryl methyl sites for hydroxylation is 1. The summed E-state index contributed by atoms with van der Waals surface area (Å²) in [4.78, 5) is 24.0. The Balaban J connectivity index is 0.000000186. The molecule has 0 bridgehead atoms. The first-order valence-corrected chi connectivity index (χ1v) is 11.2. The smallest absolute Gasteiger partial charge is 0.338 e. The third-order valence-corrected chi connectivity index (χ3v) is 5.68. The fourth-order valence-electron chi connectivity index (χ4n) is 3.78. The fraction of sp³-hybridized carbons (Fsp3) is 0.286. The van der Waals surface area contributed by atoms with Crippen LogP contribution in [0.2, 0.25) is 0 Å². The van der Waals surface area contributed by atoms with E-state index in [2.05, 4.69) is 0 Å². The van der Waals surface area contributed by atoms with Gasteiger partial charge in [-0.05, 0) is 56.4 Å². The molecule has 5 heteroatoms. The zero-order valence-corrected chi connectivity index (χ0v) is 19.1. The van der Waals surface area contributed by atoms with Gasteiger partial charge in [-0.25, -0.2) is 4.79 Å². The van der Waals surface area contributed by atoms with Crippen molar-refractivity contribution in [3.8, 4) is 11.5 Å². The third-order valence-electron chi connectivity index (χ3n) is 5.68. The van der Waals surface area contributed by atoms with Gasteiger partial charge in [-0.2, -0.15) is 0 Å². The van der Waals surface area contributed by atoms with Crippen molar-refractivity contribution in [3.05, 3.63) is 95.1 Å². The molecule has 33 heavy (non-hydrogen) atoms. The maximum Gasteiger partial charge on any atom is 0.338 e. The minimum absolute atomic E-state index is 0.0711. The molecule has 1 aliphatic rings. The summed E-state index contributed by atoms with van der Waals surface area (Å²) in [5, 5.41) is 9.75. The van der Waals surface area contributed by atoms with Crippen LogP contribution in [0.15, 0.2) is 72.8 Å². The summed E-state index contributed by atoms with van der Waals surface area (Å²) < 4.78 is 10.5. The molecule has 1 fully saturated rings. The number of hydrogen-bond donors (Lipinski definition) is 1. The Kier molecular flexibility index (Phi) is 8.64. The van der Waals surface area contributed by atoms with E-state index in [-0.39, 0.29) is 29.2 Å². The van der Waals surface area contributed by atoms with Crippen LogP contribution >= 0.6 is 0 Å². The van der Waals surface area contributed by atoms with Crippen LogP contribution in [0, 0.1) is 6.92 Å². The number of phenols is 1. The zero-order chi connectivity index (χ0) is 23.6. The number of rotatable bonds is 5. The molecule has 4 rings (SSSR count). The van der Waals surface area contributed by atoms with Crippen molar-refractivity contribution in [1.82, 2.24) is 0 Å². The van der Waals surface area contributed by atoms with Gasteiger partial charge in [-0.15, -0.1) is 0 Å². The molecule has 3 aromatic carbocycles. The standard InChI is InChI=1S/C14H12O3.C14H18O2/c1-17-11-7-8-12(13(15)9-11)14(16)10-5-3-2-4-6-10;1-11-7-5-6-10-13(11)14(15)16-12-8-3-2-4-9-12/h2-9,15H,1H3;5-7,10,12H,2-4,8-9H2,1H3. The van der Waals surface area contributed by atoms with Gasteiger partial charge in [0.1, 0.15) is 17.6 Å². The number of benzene rings is 3. The molecule has 1 saturated carbocycles. The number of carbonyl (C=O) groups excluding carboxylic acids is 2. The highest BCUT2D eigenvalue weighted by Gasteiger charge is 2.19. The van der Waals surface area contributed by atoms with Gasteiger partial charge in [-0.1, -0.05) is 55.0 Å². The molecule has 1 aliphatic carbocycles. The monoisotopic (exact) mass is 446 g/mol. The molecule has 3 aromatic rings. The van der Waals surface area contributed by atoms with Crippen molar-refractivity contribution in [1.29, 1.82) is 0 Å². The molecule has 0 aliphatic heterocycles. The average molecular weight is 447 g/mol. The van der Waals surface area contributed by atoms with Crippen LogP contribution in [0.5, 0.6) is 11.5 Å². The number of ketones is 1. The first kappa shape index (κ1) is 24.1. The average Bonchev–Trinajstić information content (AvgIpc) is 2.85. The minimum atomic E-state index is -0.203. The summed E-state index contributed by atoms with van der Waals surface area (Å²) in [5.74, 6) is 0.0843. The number of ether oxygens (including phenoxy) is 2. The lowest BCUT2D eigenvalue weighted by atomic mass is 9.97. The van der Waals surface area contributed by atoms with Gasteiger partial charge < -0.3 is 14.6 Å². The second kappa shape index (κ2) is 11.9. The molecule has 5 nitrogen and oxygen atoms in total. The molecule has 172 valence electrons. The molecule has 0 radical (unpaired) electrons. The zero-order valence-electron chi connectivity index (χ0n) is 19.1. The molecule has 1 N–H and O–H groups in total. The quantitative estimate of drug-likeness (QED) is 0.378. The van der Waals surface area contributed by atoms with E-state index in [1.54, 1.807) is 36.4 Å². The Morgan fingerprint density at radius 1 is 0.848 bits per heavy atom. The fourth-order valence-corrected chi connectivity index (χ4v) is 3.78. The van der Waals surface area contributed by atoms with Gasteiger partial charge in [0.25, 0.3) is 0 Å². The van der Waals surface area contributed by atoms with Gasteiger partial charge in [0, 0.05) is 11.6 Å². The van der Waals surface area contributed by atoms with E-state index in [1.807, 2.05) is 37.3 Å². The van der Waals surface area contributed by atoms with Gasteiger partial charge in [-0.3, -0.25) is 4.79 Å². The topological polar surface area (TPSA) is 72.8 Å². The van der Waals surface area contributed by atoms with Crippen LogP contribution in [0.1, 0.15) is 63.9 Å². The van der Waals surface area contributed by atoms with Gasteiger partial charge >= 0.3 is 5.97 Å². The van der Waals surface area contributed by atoms with E-state index in [0.717, 1.165) is 18.4 Å². The van der Waals surface area contributed by atoms with Crippen molar-refractivity contribution in [2.45, 2.75) is 45.1 Å². The number of aromatic hydroxyl groups is 1. The largest absolute Gasteiger partial charge is 0.507 e. The summed E-state index contributed by atoms with van der Waals surface area (Å²) >= 11 is 0. The number of hydrogen-bond acceptors (Lipinski definition) is 5. The Bertz CT molecular complexity index is 1070. The lowest BCUT2D eigenvalue weighted by Gasteiger charge is -2.22. The van der Waals surface area contributed by atoms with Crippen LogP contribution in [-0.4, -0.2) is 30.1 Å². The van der Waals surface area contributed by atoms with Crippen LogP contribution in [-0.2, 0) is 4.74 Å². The predicted molar refractivity (Wildman–Crippen MR) is 128 cm³/mol. The molecule has 0 saturated heterocycles. The number of methoxy groups -OCH3 is 1. The highest BCUT2D eigenvalue weighted by atomic mass is 16.5. The summed E-state index contributed by atoms with van der Waals surface area (Å²) in [6.07, 6.45) is 5.84. The van der Waals surface area contributed by atoms with Gasteiger partial charge in [0.2, 0.25) is 0 Å². The number of phenolic OH excluding ortho intramolecular Hbond substituents is 1. The Morgan fingerprint density at radius 2 is 1.52 bits per heavy atom. The molecular formula is C28H30O5. The maximum absolute atomic E-state index is 12.1. The Hall–Kier alpha value is -3.60. The molecule has 0 spiro atoms. The summed E-state index contributed by atoms with van der Waals surface area (Å²) in [6, 6.07) is 21.1. The molecular weight excluding hydrogens is 416 g/mol. The Morgan fingerprint density at radius 3 is 2.15 bits per heavy atom. The SMILES string of the molecule is COc1ccc(C(=O)c2ccccc2)c(O)c1.Cc1ccccc1C(=O)OC1CCCCC1. The van der Waals surface area contributed by atoms with E-state index in [9.17, 15) is 14.7 Å². The lowest BCUT2D eigenvalue weighted by molar-refractivity contribution is 0.0210. The molecule has 0 heterocycles. The minimum Gasteiger partial charge on any atom is -0.507 e. The van der Waals surface area contributed by atoms with Gasteiger partial charge in [0.15, 0.2) is 5.78 Å². The van der Waals surface area contributed by atoms with Crippen LogP contribution < -0.4 is 4.74 Å². The van der Waals surface area contributed by atoms with Crippen molar-refractivity contribution >= 4 is 11.8 Å². The first-order chi connectivity index (χ1) is 16.0. The van der Waals surface area contributed by atoms with Crippen molar-refractivity contribution in [2.24, 2.45) is 0 Å². The van der Waals surface area contributed by atoms with E-state index >= 15 is 0 Å². The highest BCUT2D eigenvalue weighted by Crippen LogP contribution is 2.25. The summed E-state index contributed by atoms with van der Waals surface area (Å²) in [7, 11) is 1.51.